The van der Waals surface area contributed by atoms with Gasteiger partial charge in [0, 0.05) is 17.6 Å². The van der Waals surface area contributed by atoms with E-state index in [0.717, 1.165) is 16.1 Å². The molecule has 0 saturated heterocycles. The standard InChI is InChI=1S/C16H18ClNO/c1-12(14-9-5-6-10-15(14)17)18-11-16(19)13-7-3-2-4-8-13/h2-10,12,16,18-19H,11H2,1H3. The maximum atomic E-state index is 10.1. The van der Waals surface area contributed by atoms with Crippen LogP contribution in [0, 0.1) is 0 Å². The van der Waals surface area contributed by atoms with Crippen molar-refractivity contribution in [2.45, 2.75) is 19.1 Å². The smallest absolute Gasteiger partial charge is 0.0914 e. The zero-order valence-corrected chi connectivity index (χ0v) is 11.6. The van der Waals surface area contributed by atoms with E-state index in [1.165, 1.54) is 0 Å². The van der Waals surface area contributed by atoms with E-state index < -0.39 is 6.10 Å². The number of benzene rings is 2. The first-order valence-electron chi connectivity index (χ1n) is 6.39. The Hall–Kier alpha value is -1.35. The van der Waals surface area contributed by atoms with E-state index in [9.17, 15) is 5.11 Å². The van der Waals surface area contributed by atoms with Crippen LogP contribution in [0.1, 0.15) is 30.2 Å². The molecule has 2 N–H and O–H groups in total. The Balaban J connectivity index is 1.94. The molecule has 0 heterocycles. The highest BCUT2D eigenvalue weighted by molar-refractivity contribution is 6.31. The Labute approximate surface area is 119 Å². The van der Waals surface area contributed by atoms with E-state index in [-0.39, 0.29) is 6.04 Å². The molecule has 0 amide bonds. The normalized spacial score (nSPS) is 14.1. The van der Waals surface area contributed by atoms with Gasteiger partial charge in [0.1, 0.15) is 0 Å². The Morgan fingerprint density at radius 1 is 1.05 bits per heavy atom. The van der Waals surface area contributed by atoms with Gasteiger partial charge in [0.25, 0.3) is 0 Å². The summed E-state index contributed by atoms with van der Waals surface area (Å²) in [6.45, 7) is 2.54. The molecule has 3 heteroatoms. The molecule has 2 aromatic carbocycles. The van der Waals surface area contributed by atoms with Crippen LogP contribution >= 0.6 is 11.6 Å². The highest BCUT2D eigenvalue weighted by Gasteiger charge is 2.12. The largest absolute Gasteiger partial charge is 0.387 e. The Bertz CT molecular complexity index is 515. The summed E-state index contributed by atoms with van der Waals surface area (Å²) >= 11 is 6.15. The molecule has 0 aliphatic heterocycles. The molecule has 0 aromatic heterocycles. The molecule has 0 spiro atoms. The van der Waals surface area contributed by atoms with Crippen molar-refractivity contribution >= 4 is 11.6 Å². The van der Waals surface area contributed by atoms with Crippen molar-refractivity contribution in [3.8, 4) is 0 Å². The second kappa shape index (κ2) is 6.71. The average molecular weight is 276 g/mol. The topological polar surface area (TPSA) is 32.3 Å². The SMILES string of the molecule is CC(NCC(O)c1ccccc1)c1ccccc1Cl. The number of rotatable bonds is 5. The summed E-state index contributed by atoms with van der Waals surface area (Å²) in [5, 5.41) is 14.1. The molecule has 0 aliphatic rings. The van der Waals surface area contributed by atoms with Crippen LogP contribution in [0.2, 0.25) is 5.02 Å². The van der Waals surface area contributed by atoms with Gasteiger partial charge in [0.05, 0.1) is 6.10 Å². The van der Waals surface area contributed by atoms with Crippen LogP contribution in [-0.2, 0) is 0 Å². The summed E-state index contributed by atoms with van der Waals surface area (Å²) in [5.41, 5.74) is 1.96. The van der Waals surface area contributed by atoms with E-state index in [1.807, 2.05) is 61.5 Å². The molecule has 0 bridgehead atoms. The number of hydrogen-bond acceptors (Lipinski definition) is 2. The average Bonchev–Trinajstić information content (AvgIpc) is 2.46. The summed E-state index contributed by atoms with van der Waals surface area (Å²) in [6.07, 6.45) is -0.508. The van der Waals surface area contributed by atoms with E-state index in [2.05, 4.69) is 5.32 Å². The molecule has 0 fully saturated rings. The van der Waals surface area contributed by atoms with E-state index in [0.29, 0.717) is 6.54 Å². The zero-order chi connectivity index (χ0) is 13.7. The maximum absolute atomic E-state index is 10.1. The van der Waals surface area contributed by atoms with E-state index in [4.69, 9.17) is 11.6 Å². The van der Waals surface area contributed by atoms with Gasteiger partial charge in [-0.25, -0.2) is 0 Å². The molecule has 0 aliphatic carbocycles. The molecular formula is C16H18ClNO. The van der Waals surface area contributed by atoms with Gasteiger partial charge in [0.15, 0.2) is 0 Å². The summed E-state index contributed by atoms with van der Waals surface area (Å²) in [6, 6.07) is 17.5. The minimum atomic E-state index is -0.508. The lowest BCUT2D eigenvalue weighted by Crippen LogP contribution is -2.24. The monoisotopic (exact) mass is 275 g/mol. The van der Waals surface area contributed by atoms with Crippen molar-refractivity contribution in [3.63, 3.8) is 0 Å². The zero-order valence-electron chi connectivity index (χ0n) is 10.9. The highest BCUT2D eigenvalue weighted by atomic mass is 35.5. The summed E-state index contributed by atoms with van der Waals surface area (Å²) in [7, 11) is 0. The molecule has 0 radical (unpaired) electrons. The number of hydrogen-bond donors (Lipinski definition) is 2. The molecule has 0 saturated carbocycles. The van der Waals surface area contributed by atoms with E-state index >= 15 is 0 Å². The van der Waals surface area contributed by atoms with Gasteiger partial charge in [-0.3, -0.25) is 0 Å². The summed E-state index contributed by atoms with van der Waals surface area (Å²) in [4.78, 5) is 0. The minimum Gasteiger partial charge on any atom is -0.387 e. The van der Waals surface area contributed by atoms with Crippen LogP contribution < -0.4 is 5.32 Å². The fourth-order valence-electron chi connectivity index (χ4n) is 2.02. The fraction of sp³-hybridized carbons (Fsp3) is 0.250. The Morgan fingerprint density at radius 3 is 2.37 bits per heavy atom. The van der Waals surface area contributed by atoms with Crippen LogP contribution in [0.15, 0.2) is 54.6 Å². The second-order valence-corrected chi connectivity index (χ2v) is 4.99. The quantitative estimate of drug-likeness (QED) is 0.872. The lowest BCUT2D eigenvalue weighted by molar-refractivity contribution is 0.171. The Kier molecular flexibility index (Phi) is 4.97. The first-order valence-corrected chi connectivity index (χ1v) is 6.77. The predicted octanol–water partition coefficient (Wildman–Crippen LogP) is 3.72. The first kappa shape index (κ1) is 14.1. The van der Waals surface area contributed by atoms with Crippen molar-refractivity contribution in [2.24, 2.45) is 0 Å². The van der Waals surface area contributed by atoms with Gasteiger partial charge < -0.3 is 10.4 Å². The van der Waals surface area contributed by atoms with Gasteiger partial charge in [-0.15, -0.1) is 0 Å². The van der Waals surface area contributed by atoms with Gasteiger partial charge in [-0.05, 0) is 24.1 Å². The van der Waals surface area contributed by atoms with Crippen molar-refractivity contribution in [3.05, 3.63) is 70.7 Å². The van der Waals surface area contributed by atoms with Crippen LogP contribution in [0.5, 0.6) is 0 Å². The second-order valence-electron chi connectivity index (χ2n) is 4.58. The van der Waals surface area contributed by atoms with Crippen LogP contribution in [-0.4, -0.2) is 11.7 Å². The molecule has 2 aromatic rings. The number of aliphatic hydroxyl groups is 1. The van der Waals surface area contributed by atoms with E-state index in [1.54, 1.807) is 0 Å². The number of aliphatic hydroxyl groups excluding tert-OH is 1. The third-order valence-corrected chi connectivity index (χ3v) is 3.52. The van der Waals surface area contributed by atoms with Crippen molar-refractivity contribution in [2.75, 3.05) is 6.54 Å². The van der Waals surface area contributed by atoms with Crippen molar-refractivity contribution < 1.29 is 5.11 Å². The molecular weight excluding hydrogens is 258 g/mol. The predicted molar refractivity (Wildman–Crippen MR) is 79.3 cm³/mol. The molecule has 19 heavy (non-hydrogen) atoms. The number of nitrogens with one attached hydrogen (secondary N) is 1. The van der Waals surface area contributed by atoms with Gasteiger partial charge in [-0.2, -0.15) is 0 Å². The molecule has 2 rings (SSSR count). The van der Waals surface area contributed by atoms with Crippen molar-refractivity contribution in [1.82, 2.24) is 5.32 Å². The lowest BCUT2D eigenvalue weighted by Gasteiger charge is -2.18. The van der Waals surface area contributed by atoms with Crippen LogP contribution in [0.3, 0.4) is 0 Å². The summed E-state index contributed by atoms with van der Waals surface area (Å²) < 4.78 is 0. The maximum Gasteiger partial charge on any atom is 0.0914 e. The third kappa shape index (κ3) is 3.80. The molecule has 2 unspecified atom stereocenters. The fourth-order valence-corrected chi connectivity index (χ4v) is 2.32. The van der Waals surface area contributed by atoms with Crippen molar-refractivity contribution in [1.29, 1.82) is 0 Å². The van der Waals surface area contributed by atoms with Crippen LogP contribution in [0.4, 0.5) is 0 Å². The molecule has 100 valence electrons. The minimum absolute atomic E-state index is 0.104. The molecule has 2 nitrogen and oxygen atoms in total. The third-order valence-electron chi connectivity index (χ3n) is 3.17. The Morgan fingerprint density at radius 2 is 1.68 bits per heavy atom. The van der Waals surface area contributed by atoms with Gasteiger partial charge in [0.2, 0.25) is 0 Å². The summed E-state index contributed by atoms with van der Waals surface area (Å²) in [5.74, 6) is 0. The van der Waals surface area contributed by atoms with Gasteiger partial charge >= 0.3 is 0 Å². The number of halogens is 1. The van der Waals surface area contributed by atoms with Crippen LogP contribution in [0.25, 0.3) is 0 Å². The first-order chi connectivity index (χ1) is 9.18. The molecule has 2 atom stereocenters. The van der Waals surface area contributed by atoms with Gasteiger partial charge in [-0.1, -0.05) is 60.1 Å². The lowest BCUT2D eigenvalue weighted by atomic mass is 10.1. The highest BCUT2D eigenvalue weighted by Crippen LogP contribution is 2.22.